The molecular formula is C27H39N3O5S. The van der Waals surface area contributed by atoms with Crippen LogP contribution in [0.2, 0.25) is 0 Å². The Morgan fingerprint density at radius 2 is 1.72 bits per heavy atom. The Balaban J connectivity index is 1.93. The van der Waals surface area contributed by atoms with Crippen LogP contribution in [0.4, 0.5) is 21.9 Å². The number of nitrogens with zero attached hydrogens (tertiary/aromatic N) is 1. The van der Waals surface area contributed by atoms with Crippen LogP contribution in [-0.2, 0) is 4.79 Å². The van der Waals surface area contributed by atoms with E-state index >= 15 is 0 Å². The molecule has 2 aromatic carbocycles. The van der Waals surface area contributed by atoms with Crippen LogP contribution >= 0.6 is 10.6 Å². The maximum Gasteiger partial charge on any atom is 0.323 e. The molecule has 1 fully saturated rings. The van der Waals surface area contributed by atoms with Crippen molar-refractivity contribution in [2.45, 2.75) is 64.8 Å². The number of rotatable bonds is 10. The molecular weight excluding hydrogens is 478 g/mol. The highest BCUT2D eigenvalue weighted by Gasteiger charge is 2.30. The molecule has 0 spiro atoms. The van der Waals surface area contributed by atoms with Crippen molar-refractivity contribution in [3.05, 3.63) is 53.6 Å². The van der Waals surface area contributed by atoms with Gasteiger partial charge in [-0.05, 0) is 68.4 Å². The minimum atomic E-state index is -2.51. The monoisotopic (exact) mass is 517 g/mol. The molecule has 36 heavy (non-hydrogen) atoms. The molecule has 3 rings (SSSR count). The summed E-state index contributed by atoms with van der Waals surface area (Å²) in [6.07, 6.45) is 2.90. The zero-order valence-electron chi connectivity index (χ0n) is 21.4. The van der Waals surface area contributed by atoms with Crippen LogP contribution in [0.5, 0.6) is 0 Å². The predicted octanol–water partition coefficient (Wildman–Crippen LogP) is 6.74. The number of urea groups is 1. The summed E-state index contributed by atoms with van der Waals surface area (Å²) in [6.45, 7) is 6.79. The van der Waals surface area contributed by atoms with Gasteiger partial charge >= 0.3 is 12.0 Å². The number of amides is 2. The van der Waals surface area contributed by atoms with Crippen LogP contribution < -0.4 is 15.5 Å². The Labute approximate surface area is 215 Å². The van der Waals surface area contributed by atoms with Gasteiger partial charge in [0.15, 0.2) is 0 Å². The molecule has 0 bridgehead atoms. The lowest BCUT2D eigenvalue weighted by molar-refractivity contribution is -0.137. The van der Waals surface area contributed by atoms with E-state index in [1.807, 2.05) is 56.3 Å². The van der Waals surface area contributed by atoms with Crippen LogP contribution in [0.1, 0.15) is 63.0 Å². The van der Waals surface area contributed by atoms with Crippen molar-refractivity contribution in [1.82, 2.24) is 0 Å². The first kappa shape index (κ1) is 27.8. The van der Waals surface area contributed by atoms with Crippen molar-refractivity contribution >= 4 is 39.7 Å². The van der Waals surface area contributed by atoms with Gasteiger partial charge in [-0.25, -0.2) is 4.79 Å². The molecule has 1 atom stereocenters. The van der Waals surface area contributed by atoms with Gasteiger partial charge in [-0.2, -0.15) is 10.6 Å². The summed E-state index contributed by atoms with van der Waals surface area (Å²) < 4.78 is 20.2. The van der Waals surface area contributed by atoms with Crippen molar-refractivity contribution in [3.63, 3.8) is 0 Å². The topological polar surface area (TPSA) is 122 Å². The van der Waals surface area contributed by atoms with E-state index in [-0.39, 0.29) is 24.4 Å². The lowest BCUT2D eigenvalue weighted by atomic mass is 9.92. The fourth-order valence-corrected chi connectivity index (χ4v) is 6.24. The van der Waals surface area contributed by atoms with Gasteiger partial charge in [-0.15, -0.1) is 0 Å². The zero-order chi connectivity index (χ0) is 26.3. The summed E-state index contributed by atoms with van der Waals surface area (Å²) >= 11 is 0. The summed E-state index contributed by atoms with van der Waals surface area (Å²) in [4.78, 5) is 26.7. The normalized spacial score (nSPS) is 17.1. The standard InChI is InChI=1S/C27H39N3O5S/c1-4-14-30(23-12-15-36(34,35)16-13-23)25-11-8-21(20(5-2)18-26(31)32)17-24(25)29-27(33)28-22-9-6-19(3)7-10-22/h6-11,17,20,23,34-35H,4-5,12-16,18H2,1-3H3,(H,31,32)(H2,28,29,33). The zero-order valence-corrected chi connectivity index (χ0v) is 22.2. The molecule has 5 N–H and O–H groups in total. The van der Waals surface area contributed by atoms with Gasteiger partial charge in [0.25, 0.3) is 0 Å². The van der Waals surface area contributed by atoms with E-state index in [1.165, 1.54) is 0 Å². The van der Waals surface area contributed by atoms with Crippen molar-refractivity contribution < 1.29 is 23.8 Å². The molecule has 198 valence electrons. The first-order valence-electron chi connectivity index (χ1n) is 12.6. The van der Waals surface area contributed by atoms with E-state index in [2.05, 4.69) is 22.5 Å². The molecule has 1 unspecified atom stereocenters. The number of hydrogen-bond donors (Lipinski definition) is 5. The van der Waals surface area contributed by atoms with Gasteiger partial charge in [0.05, 0.1) is 17.8 Å². The molecule has 2 amide bonds. The number of carboxylic acids is 1. The molecule has 1 aliphatic heterocycles. The quantitative estimate of drug-likeness (QED) is 0.238. The Kier molecular flexibility index (Phi) is 9.64. The first-order valence-corrected chi connectivity index (χ1v) is 14.5. The Hall–Kier alpha value is -2.75. The van der Waals surface area contributed by atoms with E-state index < -0.39 is 16.6 Å². The number of nitrogens with one attached hydrogen (secondary N) is 2. The molecule has 1 saturated heterocycles. The Bertz CT molecular complexity index is 1030. The molecule has 0 saturated carbocycles. The van der Waals surface area contributed by atoms with Gasteiger partial charge in [0, 0.05) is 29.8 Å². The Morgan fingerprint density at radius 3 is 2.31 bits per heavy atom. The fourth-order valence-electron chi connectivity index (χ4n) is 4.74. The average molecular weight is 518 g/mol. The third-order valence-electron chi connectivity index (χ3n) is 6.73. The molecule has 1 heterocycles. The molecule has 8 nitrogen and oxygen atoms in total. The van der Waals surface area contributed by atoms with Crippen LogP contribution in [0.3, 0.4) is 0 Å². The number of carbonyl (C=O) groups excluding carboxylic acids is 1. The number of anilines is 3. The third-order valence-corrected chi connectivity index (χ3v) is 8.51. The third kappa shape index (κ3) is 7.62. The van der Waals surface area contributed by atoms with Gasteiger partial charge in [0.2, 0.25) is 0 Å². The van der Waals surface area contributed by atoms with E-state index in [0.717, 1.165) is 29.8 Å². The highest BCUT2D eigenvalue weighted by molar-refractivity contribution is 8.24. The van der Waals surface area contributed by atoms with Crippen LogP contribution in [0.15, 0.2) is 42.5 Å². The summed E-state index contributed by atoms with van der Waals surface area (Å²) in [5.41, 5.74) is 4.11. The van der Waals surface area contributed by atoms with E-state index in [4.69, 9.17) is 0 Å². The average Bonchev–Trinajstić information content (AvgIpc) is 2.83. The summed E-state index contributed by atoms with van der Waals surface area (Å²) in [6, 6.07) is 13.1. The second kappa shape index (κ2) is 12.5. The SMILES string of the molecule is CCCN(c1ccc(C(CC)CC(=O)O)cc1NC(=O)Nc1ccc(C)cc1)C1CCS(O)(O)CC1. The first-order chi connectivity index (χ1) is 17.1. The molecule has 0 aliphatic carbocycles. The van der Waals surface area contributed by atoms with Crippen LogP contribution in [0.25, 0.3) is 0 Å². The van der Waals surface area contributed by atoms with Gasteiger partial charge in [-0.1, -0.05) is 37.6 Å². The minimum Gasteiger partial charge on any atom is -0.481 e. The van der Waals surface area contributed by atoms with Crippen molar-refractivity contribution in [1.29, 1.82) is 0 Å². The second-order valence-corrected chi connectivity index (χ2v) is 12.0. The summed E-state index contributed by atoms with van der Waals surface area (Å²) in [5.74, 6) is -0.266. The maximum absolute atomic E-state index is 13.0. The minimum absolute atomic E-state index is 0.0179. The second-order valence-electron chi connectivity index (χ2n) is 9.56. The van der Waals surface area contributed by atoms with Crippen LogP contribution in [-0.4, -0.2) is 50.3 Å². The molecule has 9 heteroatoms. The smallest absolute Gasteiger partial charge is 0.323 e. The molecule has 0 aromatic heterocycles. The summed E-state index contributed by atoms with van der Waals surface area (Å²) in [5, 5.41) is 15.3. The number of carbonyl (C=O) groups is 2. The van der Waals surface area contributed by atoms with E-state index in [1.54, 1.807) is 0 Å². The fraction of sp³-hybridized carbons (Fsp3) is 0.481. The summed E-state index contributed by atoms with van der Waals surface area (Å²) in [7, 11) is -2.51. The number of carboxylic acid groups (broad SMARTS) is 1. The van der Waals surface area contributed by atoms with Crippen molar-refractivity contribution in [2.75, 3.05) is 33.6 Å². The van der Waals surface area contributed by atoms with Crippen LogP contribution in [0, 0.1) is 6.92 Å². The lowest BCUT2D eigenvalue weighted by Gasteiger charge is -2.44. The van der Waals surface area contributed by atoms with Crippen molar-refractivity contribution in [2.24, 2.45) is 0 Å². The van der Waals surface area contributed by atoms with Gasteiger partial charge in [-0.3, -0.25) is 13.9 Å². The lowest BCUT2D eigenvalue weighted by Crippen LogP contribution is -2.41. The maximum atomic E-state index is 13.0. The number of aliphatic carboxylic acids is 1. The molecule has 1 aliphatic rings. The Morgan fingerprint density at radius 1 is 1.06 bits per heavy atom. The van der Waals surface area contributed by atoms with Crippen molar-refractivity contribution in [3.8, 4) is 0 Å². The van der Waals surface area contributed by atoms with Gasteiger partial charge < -0.3 is 20.6 Å². The molecule has 2 aromatic rings. The number of hydrogen-bond acceptors (Lipinski definition) is 5. The molecule has 0 radical (unpaired) electrons. The van der Waals surface area contributed by atoms with E-state index in [9.17, 15) is 23.8 Å². The number of aryl methyl sites for hydroxylation is 1. The highest BCUT2D eigenvalue weighted by Crippen LogP contribution is 2.46. The predicted molar refractivity (Wildman–Crippen MR) is 149 cm³/mol. The number of benzene rings is 2. The van der Waals surface area contributed by atoms with E-state index in [0.29, 0.717) is 42.1 Å². The largest absolute Gasteiger partial charge is 0.481 e. The van der Waals surface area contributed by atoms with Gasteiger partial charge in [0.1, 0.15) is 0 Å². The highest BCUT2D eigenvalue weighted by atomic mass is 32.3.